The number of ether oxygens (including phenoxy) is 1. The van der Waals surface area contributed by atoms with Crippen molar-refractivity contribution in [3.8, 4) is 11.5 Å². The molecule has 2 aromatic rings. The summed E-state index contributed by atoms with van der Waals surface area (Å²) in [5, 5.41) is 19.1. The number of benzene rings is 2. The van der Waals surface area contributed by atoms with Crippen molar-refractivity contribution >= 4 is 17.6 Å². The highest BCUT2D eigenvalue weighted by molar-refractivity contribution is 6.12. The minimum Gasteiger partial charge on any atom is -0.507 e. The number of phenols is 1. The zero-order chi connectivity index (χ0) is 17.4. The summed E-state index contributed by atoms with van der Waals surface area (Å²) < 4.78 is 5.21. The third-order valence-electron chi connectivity index (χ3n) is 4.20. The number of carbonyl (C=O) groups is 2. The van der Waals surface area contributed by atoms with E-state index in [1.54, 1.807) is 31.2 Å². The largest absolute Gasteiger partial charge is 0.507 e. The topological polar surface area (TPSA) is 87.1 Å². The summed E-state index contributed by atoms with van der Waals surface area (Å²) in [6.45, 7) is 2.01. The number of aliphatic carboxylic acids is 1. The molecule has 6 heteroatoms. The van der Waals surface area contributed by atoms with Gasteiger partial charge in [-0.3, -0.25) is 9.59 Å². The van der Waals surface area contributed by atoms with Crippen LogP contribution in [0.25, 0.3) is 0 Å². The molecule has 0 saturated carbocycles. The van der Waals surface area contributed by atoms with Gasteiger partial charge in [-0.2, -0.15) is 0 Å². The number of amides is 1. The Morgan fingerprint density at radius 2 is 2.08 bits per heavy atom. The molecule has 1 aliphatic heterocycles. The second kappa shape index (κ2) is 5.88. The summed E-state index contributed by atoms with van der Waals surface area (Å²) >= 11 is 0. The number of methoxy groups -OCH3 is 1. The molecule has 0 aromatic heterocycles. The van der Waals surface area contributed by atoms with Crippen molar-refractivity contribution in [1.82, 2.24) is 0 Å². The van der Waals surface area contributed by atoms with E-state index in [9.17, 15) is 14.7 Å². The number of nitrogens with zero attached hydrogens (tertiary/aromatic N) is 1. The molecule has 1 heterocycles. The summed E-state index contributed by atoms with van der Waals surface area (Å²) in [7, 11) is 1.49. The van der Waals surface area contributed by atoms with Gasteiger partial charge in [-0.15, -0.1) is 0 Å². The molecular weight excluding hydrogens is 310 g/mol. The molecule has 0 bridgehead atoms. The van der Waals surface area contributed by atoms with Crippen LogP contribution in [-0.4, -0.2) is 29.2 Å². The third-order valence-corrected chi connectivity index (χ3v) is 4.20. The molecular formula is C18H17NO5. The normalized spacial score (nSPS) is 13.1. The lowest BCUT2D eigenvalue weighted by Crippen LogP contribution is -2.23. The number of anilines is 1. The Labute approximate surface area is 138 Å². The van der Waals surface area contributed by atoms with Crippen molar-refractivity contribution in [1.29, 1.82) is 0 Å². The molecule has 0 unspecified atom stereocenters. The van der Waals surface area contributed by atoms with Crippen LogP contribution in [0.5, 0.6) is 11.5 Å². The number of carboxylic acids is 1. The fourth-order valence-corrected chi connectivity index (χ4v) is 3.04. The Morgan fingerprint density at radius 3 is 2.75 bits per heavy atom. The predicted octanol–water partition coefficient (Wildman–Crippen LogP) is 2.50. The Bertz CT molecular complexity index is 844. The van der Waals surface area contributed by atoms with Gasteiger partial charge in [0.15, 0.2) is 0 Å². The van der Waals surface area contributed by atoms with E-state index >= 15 is 0 Å². The number of hydrogen-bond donors (Lipinski definition) is 2. The highest BCUT2D eigenvalue weighted by Crippen LogP contribution is 2.39. The van der Waals surface area contributed by atoms with Gasteiger partial charge >= 0.3 is 5.97 Å². The van der Waals surface area contributed by atoms with E-state index in [1.165, 1.54) is 18.1 Å². The van der Waals surface area contributed by atoms with Gasteiger partial charge in [-0.05, 0) is 24.6 Å². The van der Waals surface area contributed by atoms with Crippen molar-refractivity contribution in [3.63, 3.8) is 0 Å². The first-order valence-corrected chi connectivity index (χ1v) is 7.44. The Hall–Kier alpha value is -3.02. The molecule has 0 atom stereocenters. The lowest BCUT2D eigenvalue weighted by Gasteiger charge is -2.16. The maximum Gasteiger partial charge on any atom is 0.307 e. The maximum absolute atomic E-state index is 12.8. The van der Waals surface area contributed by atoms with Gasteiger partial charge < -0.3 is 19.8 Å². The second-order valence-corrected chi connectivity index (χ2v) is 5.71. The maximum atomic E-state index is 12.8. The van der Waals surface area contributed by atoms with E-state index < -0.39 is 5.97 Å². The summed E-state index contributed by atoms with van der Waals surface area (Å²) in [4.78, 5) is 25.2. The van der Waals surface area contributed by atoms with Crippen LogP contribution in [0.1, 0.15) is 27.0 Å². The zero-order valence-corrected chi connectivity index (χ0v) is 13.4. The monoisotopic (exact) mass is 327 g/mol. The van der Waals surface area contributed by atoms with Crippen LogP contribution in [-0.2, 0) is 17.8 Å². The molecule has 24 heavy (non-hydrogen) atoms. The average Bonchev–Trinajstić information content (AvgIpc) is 2.89. The van der Waals surface area contributed by atoms with Gasteiger partial charge in [0.1, 0.15) is 11.5 Å². The van der Waals surface area contributed by atoms with Crippen molar-refractivity contribution in [2.45, 2.75) is 19.9 Å². The average molecular weight is 327 g/mol. The standard InChI is InChI=1S/C18H17NO5/c1-10-15(24-2)8-14(20)13-9-19(18(23)17(10)13)12-5-3-4-11(6-12)7-16(21)22/h3-6,8,20H,7,9H2,1-2H3,(H,21,22). The molecule has 2 aromatic carbocycles. The molecule has 0 spiro atoms. The van der Waals surface area contributed by atoms with Crippen molar-refractivity contribution in [2.75, 3.05) is 12.0 Å². The van der Waals surface area contributed by atoms with Crippen molar-refractivity contribution in [2.24, 2.45) is 0 Å². The van der Waals surface area contributed by atoms with Gasteiger partial charge in [-0.25, -0.2) is 0 Å². The Kier molecular flexibility index (Phi) is 3.89. The molecule has 0 radical (unpaired) electrons. The number of carboxylic acid groups (broad SMARTS) is 1. The lowest BCUT2D eigenvalue weighted by atomic mass is 10.0. The van der Waals surface area contributed by atoms with E-state index in [2.05, 4.69) is 0 Å². The molecule has 1 amide bonds. The SMILES string of the molecule is COc1cc(O)c2c(c1C)C(=O)N(c1cccc(CC(=O)O)c1)C2. The lowest BCUT2D eigenvalue weighted by molar-refractivity contribution is -0.136. The van der Waals surface area contributed by atoms with Gasteiger partial charge in [0, 0.05) is 22.9 Å². The number of phenolic OH excluding ortho intramolecular Hbond substituents is 1. The smallest absolute Gasteiger partial charge is 0.307 e. The fraction of sp³-hybridized carbons (Fsp3) is 0.222. The van der Waals surface area contributed by atoms with Crippen LogP contribution in [0.15, 0.2) is 30.3 Å². The second-order valence-electron chi connectivity index (χ2n) is 5.71. The van der Waals surface area contributed by atoms with Gasteiger partial charge in [0.25, 0.3) is 5.91 Å². The van der Waals surface area contributed by atoms with Crippen LogP contribution in [0.3, 0.4) is 0 Å². The molecule has 2 N–H and O–H groups in total. The van der Waals surface area contributed by atoms with Crippen LogP contribution >= 0.6 is 0 Å². The summed E-state index contributed by atoms with van der Waals surface area (Å²) in [6, 6.07) is 8.36. The summed E-state index contributed by atoms with van der Waals surface area (Å²) in [5.74, 6) is -0.684. The van der Waals surface area contributed by atoms with Crippen LogP contribution in [0, 0.1) is 6.92 Å². The molecule has 124 valence electrons. The molecule has 0 fully saturated rings. The first kappa shape index (κ1) is 15.9. The molecule has 0 aliphatic carbocycles. The number of aromatic hydroxyl groups is 1. The van der Waals surface area contributed by atoms with E-state index in [0.29, 0.717) is 33.7 Å². The minimum atomic E-state index is -0.929. The van der Waals surface area contributed by atoms with E-state index in [1.807, 2.05) is 0 Å². The molecule has 3 rings (SSSR count). The number of fused-ring (bicyclic) bond motifs is 1. The Balaban J connectivity index is 2.01. The van der Waals surface area contributed by atoms with E-state index in [0.717, 1.165) is 0 Å². The summed E-state index contributed by atoms with van der Waals surface area (Å²) in [5.41, 5.74) is 2.90. The highest BCUT2D eigenvalue weighted by Gasteiger charge is 2.34. The van der Waals surface area contributed by atoms with Gasteiger partial charge in [0.05, 0.1) is 25.6 Å². The first-order chi connectivity index (χ1) is 11.4. The van der Waals surface area contributed by atoms with Gasteiger partial charge in [0.2, 0.25) is 0 Å². The first-order valence-electron chi connectivity index (χ1n) is 7.44. The van der Waals surface area contributed by atoms with Crippen LogP contribution in [0.4, 0.5) is 5.69 Å². The zero-order valence-electron chi connectivity index (χ0n) is 13.4. The number of rotatable bonds is 4. The third kappa shape index (κ3) is 2.56. The van der Waals surface area contributed by atoms with Gasteiger partial charge in [-0.1, -0.05) is 12.1 Å². The quantitative estimate of drug-likeness (QED) is 0.901. The Morgan fingerprint density at radius 1 is 1.33 bits per heavy atom. The van der Waals surface area contributed by atoms with Crippen molar-refractivity contribution in [3.05, 3.63) is 52.6 Å². The summed E-state index contributed by atoms with van der Waals surface area (Å²) in [6.07, 6.45) is -0.110. The fourth-order valence-electron chi connectivity index (χ4n) is 3.04. The minimum absolute atomic E-state index is 0.0185. The van der Waals surface area contributed by atoms with E-state index in [-0.39, 0.29) is 24.6 Å². The molecule has 1 aliphatic rings. The van der Waals surface area contributed by atoms with Crippen molar-refractivity contribution < 1.29 is 24.5 Å². The van der Waals surface area contributed by atoms with Crippen LogP contribution in [0.2, 0.25) is 0 Å². The highest BCUT2D eigenvalue weighted by atomic mass is 16.5. The molecule has 6 nitrogen and oxygen atoms in total. The van der Waals surface area contributed by atoms with E-state index in [4.69, 9.17) is 9.84 Å². The number of hydrogen-bond acceptors (Lipinski definition) is 4. The predicted molar refractivity (Wildman–Crippen MR) is 87.7 cm³/mol. The molecule has 0 saturated heterocycles. The van der Waals surface area contributed by atoms with Crippen LogP contribution < -0.4 is 9.64 Å². The number of carbonyl (C=O) groups excluding carboxylic acids is 1.